The van der Waals surface area contributed by atoms with Crippen LogP contribution >= 0.6 is 23.2 Å². The number of benzene rings is 4. The van der Waals surface area contributed by atoms with Gasteiger partial charge in [0.05, 0.1) is 15.6 Å². The Morgan fingerprint density at radius 2 is 1.37 bits per heavy atom. The molecule has 0 heterocycles. The zero-order valence-corrected chi connectivity index (χ0v) is 24.6. The Hall–Kier alpha value is -3.85. The highest BCUT2D eigenvalue weighted by Crippen LogP contribution is 2.33. The Morgan fingerprint density at radius 3 is 1.95 bits per heavy atom. The molecule has 0 aliphatic carbocycles. The number of carbonyl (C=O) groups excluding carboxylic acids is 2. The number of hydrogen-bond donors (Lipinski definition) is 1. The van der Waals surface area contributed by atoms with E-state index in [2.05, 4.69) is 5.32 Å². The Kier molecular flexibility index (Phi) is 10.0. The number of rotatable bonds is 11. The number of carbonyl (C=O) groups is 2. The number of nitrogens with one attached hydrogen (secondary N) is 1. The van der Waals surface area contributed by atoms with Crippen molar-refractivity contribution in [3.05, 3.63) is 130 Å². The molecule has 1 unspecified atom stereocenters. The maximum absolute atomic E-state index is 14.2. The van der Waals surface area contributed by atoms with Crippen LogP contribution in [0.3, 0.4) is 0 Å². The molecule has 4 aromatic rings. The highest BCUT2D eigenvalue weighted by atomic mass is 35.5. The van der Waals surface area contributed by atoms with Crippen molar-refractivity contribution in [1.29, 1.82) is 0 Å². The molecule has 0 spiro atoms. The maximum Gasteiger partial charge on any atom is 0.264 e. The van der Waals surface area contributed by atoms with Gasteiger partial charge in [-0.15, -0.1) is 0 Å². The van der Waals surface area contributed by atoms with Crippen molar-refractivity contribution in [1.82, 2.24) is 10.2 Å². The molecule has 4 rings (SSSR count). The summed E-state index contributed by atoms with van der Waals surface area (Å²) in [6.45, 7) is -0.542. The van der Waals surface area contributed by atoms with Crippen molar-refractivity contribution in [2.45, 2.75) is 23.9 Å². The molecule has 1 N–H and O–H groups in total. The lowest BCUT2D eigenvalue weighted by Crippen LogP contribution is -2.53. The van der Waals surface area contributed by atoms with Gasteiger partial charge in [0.2, 0.25) is 11.8 Å². The third kappa shape index (κ3) is 7.47. The first-order valence-electron chi connectivity index (χ1n) is 12.8. The van der Waals surface area contributed by atoms with Crippen LogP contribution in [0, 0.1) is 0 Å². The summed E-state index contributed by atoms with van der Waals surface area (Å²) in [5.74, 6) is -0.967. The number of amides is 2. The van der Waals surface area contributed by atoms with Crippen LogP contribution in [0.4, 0.5) is 5.69 Å². The number of anilines is 1. The molecule has 0 saturated heterocycles. The van der Waals surface area contributed by atoms with E-state index in [1.54, 1.807) is 18.2 Å². The Morgan fingerprint density at radius 1 is 0.805 bits per heavy atom. The maximum atomic E-state index is 14.2. The fraction of sp³-hybridized carbons (Fsp3) is 0.161. The number of sulfonamides is 1. The summed E-state index contributed by atoms with van der Waals surface area (Å²) in [6.07, 6.45) is 0.225. The van der Waals surface area contributed by atoms with E-state index in [4.69, 9.17) is 23.2 Å². The molecule has 10 heteroatoms. The molecule has 0 aliphatic heterocycles. The van der Waals surface area contributed by atoms with Gasteiger partial charge >= 0.3 is 0 Å². The molecule has 2 amide bonds. The van der Waals surface area contributed by atoms with E-state index < -0.39 is 28.5 Å². The highest BCUT2D eigenvalue weighted by Gasteiger charge is 2.35. The van der Waals surface area contributed by atoms with Gasteiger partial charge in [-0.3, -0.25) is 13.9 Å². The molecular weight excluding hydrogens is 581 g/mol. The predicted octanol–water partition coefficient (Wildman–Crippen LogP) is 5.57. The summed E-state index contributed by atoms with van der Waals surface area (Å²) in [6, 6.07) is 29.8. The van der Waals surface area contributed by atoms with Crippen molar-refractivity contribution in [2.24, 2.45) is 0 Å². The Bertz CT molecular complexity index is 1590. The summed E-state index contributed by atoms with van der Waals surface area (Å²) in [7, 11) is -2.76. The van der Waals surface area contributed by atoms with E-state index >= 15 is 0 Å². The second-order valence-corrected chi connectivity index (χ2v) is 12.0. The standard InChI is InChI=1S/C31H29Cl2N3O4S/c1-34-31(38)29(19-23-11-5-2-6-12-23)35(21-24-13-7-3-8-14-24)30(37)22-36(28-20-25(32)17-18-27(28)33)41(39,40)26-15-9-4-10-16-26/h2-18,20,29H,19,21-22H2,1H3,(H,34,38). The van der Waals surface area contributed by atoms with Gasteiger partial charge in [0.15, 0.2) is 0 Å². The minimum Gasteiger partial charge on any atom is -0.357 e. The normalized spacial score (nSPS) is 11.9. The highest BCUT2D eigenvalue weighted by molar-refractivity contribution is 7.92. The van der Waals surface area contributed by atoms with Crippen LogP contribution in [0.15, 0.2) is 114 Å². The predicted molar refractivity (Wildman–Crippen MR) is 162 cm³/mol. The molecule has 212 valence electrons. The molecule has 7 nitrogen and oxygen atoms in total. The van der Waals surface area contributed by atoms with Gasteiger partial charge < -0.3 is 10.2 Å². The van der Waals surface area contributed by atoms with E-state index in [-0.39, 0.29) is 39.5 Å². The summed E-state index contributed by atoms with van der Waals surface area (Å²) >= 11 is 12.7. The monoisotopic (exact) mass is 609 g/mol. The van der Waals surface area contributed by atoms with E-state index in [9.17, 15) is 18.0 Å². The van der Waals surface area contributed by atoms with Crippen molar-refractivity contribution in [2.75, 3.05) is 17.9 Å². The van der Waals surface area contributed by atoms with Crippen molar-refractivity contribution < 1.29 is 18.0 Å². The summed E-state index contributed by atoms with van der Waals surface area (Å²) in [5, 5.41) is 3.01. The van der Waals surface area contributed by atoms with Crippen molar-refractivity contribution in [3.63, 3.8) is 0 Å². The summed E-state index contributed by atoms with van der Waals surface area (Å²) in [4.78, 5) is 28.9. The second kappa shape index (κ2) is 13.7. The molecule has 4 aromatic carbocycles. The Labute approximate surface area is 250 Å². The lowest BCUT2D eigenvalue weighted by atomic mass is 10.0. The molecule has 41 heavy (non-hydrogen) atoms. The second-order valence-electron chi connectivity index (χ2n) is 9.25. The van der Waals surface area contributed by atoms with Crippen LogP contribution in [0.25, 0.3) is 0 Å². The van der Waals surface area contributed by atoms with Crippen LogP contribution in [-0.4, -0.2) is 44.8 Å². The minimum absolute atomic E-state index is 0.0226. The van der Waals surface area contributed by atoms with Crippen LogP contribution < -0.4 is 9.62 Å². The largest absolute Gasteiger partial charge is 0.357 e. The fourth-order valence-electron chi connectivity index (χ4n) is 4.41. The van der Waals surface area contributed by atoms with Gasteiger partial charge in [0, 0.05) is 25.0 Å². The van der Waals surface area contributed by atoms with Crippen LogP contribution in [0.2, 0.25) is 10.0 Å². The quantitative estimate of drug-likeness (QED) is 0.241. The summed E-state index contributed by atoms with van der Waals surface area (Å²) < 4.78 is 28.8. The van der Waals surface area contributed by atoms with Gasteiger partial charge in [-0.1, -0.05) is 102 Å². The van der Waals surface area contributed by atoms with Gasteiger partial charge in [0.1, 0.15) is 12.6 Å². The third-order valence-electron chi connectivity index (χ3n) is 6.50. The smallest absolute Gasteiger partial charge is 0.264 e. The molecule has 0 radical (unpaired) electrons. The average Bonchev–Trinajstić information content (AvgIpc) is 3.00. The van der Waals surface area contributed by atoms with Crippen LogP contribution in [0.1, 0.15) is 11.1 Å². The van der Waals surface area contributed by atoms with Crippen molar-refractivity contribution >= 4 is 50.7 Å². The number of halogens is 2. The fourth-order valence-corrected chi connectivity index (χ4v) is 6.29. The first-order chi connectivity index (χ1) is 19.7. The van der Waals surface area contributed by atoms with Gasteiger partial charge in [-0.2, -0.15) is 0 Å². The number of likely N-dealkylation sites (N-methyl/N-ethyl adjacent to an activating group) is 1. The number of hydrogen-bond acceptors (Lipinski definition) is 4. The lowest BCUT2D eigenvalue weighted by molar-refractivity contribution is -0.139. The first-order valence-corrected chi connectivity index (χ1v) is 15.0. The molecule has 0 aliphatic rings. The zero-order valence-electron chi connectivity index (χ0n) is 22.3. The summed E-state index contributed by atoms with van der Waals surface area (Å²) in [5.41, 5.74) is 1.68. The first kappa shape index (κ1) is 30.1. The molecular formula is C31H29Cl2N3O4S. The minimum atomic E-state index is -4.26. The SMILES string of the molecule is CNC(=O)C(Cc1ccccc1)N(Cc1ccccc1)C(=O)CN(c1cc(Cl)ccc1Cl)S(=O)(=O)c1ccccc1. The Balaban J connectivity index is 1.80. The van der Waals surface area contributed by atoms with Gasteiger partial charge in [-0.25, -0.2) is 8.42 Å². The third-order valence-corrected chi connectivity index (χ3v) is 8.83. The molecule has 0 bridgehead atoms. The number of nitrogens with zero attached hydrogens (tertiary/aromatic N) is 2. The van der Waals surface area contributed by atoms with E-state index in [1.807, 2.05) is 60.7 Å². The topological polar surface area (TPSA) is 86.8 Å². The van der Waals surface area contributed by atoms with Gasteiger partial charge in [0.25, 0.3) is 10.0 Å². The van der Waals surface area contributed by atoms with E-state index in [0.717, 1.165) is 15.4 Å². The molecule has 0 fully saturated rings. The van der Waals surface area contributed by atoms with E-state index in [0.29, 0.717) is 0 Å². The van der Waals surface area contributed by atoms with Crippen LogP contribution in [0.5, 0.6) is 0 Å². The average molecular weight is 611 g/mol. The zero-order chi connectivity index (χ0) is 29.4. The van der Waals surface area contributed by atoms with E-state index in [1.165, 1.54) is 42.3 Å². The van der Waals surface area contributed by atoms with Crippen LogP contribution in [-0.2, 0) is 32.6 Å². The lowest BCUT2D eigenvalue weighted by Gasteiger charge is -2.33. The molecule has 0 aromatic heterocycles. The van der Waals surface area contributed by atoms with Crippen molar-refractivity contribution in [3.8, 4) is 0 Å². The molecule has 0 saturated carbocycles. The van der Waals surface area contributed by atoms with Gasteiger partial charge in [-0.05, 0) is 41.5 Å². The molecule has 1 atom stereocenters.